The first-order valence-corrected chi connectivity index (χ1v) is 8.21. The van der Waals surface area contributed by atoms with E-state index in [4.69, 9.17) is 0 Å². The molecule has 2 N–H and O–H groups in total. The molecule has 2 heterocycles. The second-order valence-corrected chi connectivity index (χ2v) is 6.27. The Bertz CT molecular complexity index is 762. The zero-order valence-corrected chi connectivity index (χ0v) is 13.6. The maximum atomic E-state index is 11.9. The summed E-state index contributed by atoms with van der Waals surface area (Å²) in [6.45, 7) is 3.36. The van der Waals surface area contributed by atoms with E-state index in [1.54, 1.807) is 23.9 Å². The molecule has 2 amide bonds. The van der Waals surface area contributed by atoms with E-state index < -0.39 is 0 Å². The molecule has 0 spiro atoms. The molecule has 23 heavy (non-hydrogen) atoms. The molecule has 0 aliphatic carbocycles. The lowest BCUT2D eigenvalue weighted by molar-refractivity contribution is 0.252. The maximum Gasteiger partial charge on any atom is 0.319 e. The van der Waals surface area contributed by atoms with Crippen LogP contribution in [0.3, 0.4) is 0 Å². The smallest absolute Gasteiger partial charge is 0.319 e. The fourth-order valence-corrected chi connectivity index (χ4v) is 3.05. The highest BCUT2D eigenvalue weighted by molar-refractivity contribution is 7.10. The van der Waals surface area contributed by atoms with E-state index in [1.807, 2.05) is 47.3 Å². The standard InChI is InChI=1S/C17H18N4OS/c1-13-6-9-23-16(13)10-19-17(22)20-15-4-2-14(3-5-15)11-21-8-7-18-12-21/h2-9,12H,10-11H2,1H3,(H2,19,20,22). The van der Waals surface area contributed by atoms with E-state index in [9.17, 15) is 4.79 Å². The summed E-state index contributed by atoms with van der Waals surface area (Å²) < 4.78 is 2.00. The van der Waals surface area contributed by atoms with Crippen molar-refractivity contribution in [3.8, 4) is 0 Å². The minimum absolute atomic E-state index is 0.194. The second kappa shape index (κ2) is 7.11. The fourth-order valence-electron chi connectivity index (χ4n) is 2.21. The van der Waals surface area contributed by atoms with Gasteiger partial charge in [-0.2, -0.15) is 0 Å². The Labute approximate surface area is 139 Å². The number of carbonyl (C=O) groups is 1. The van der Waals surface area contributed by atoms with E-state index in [2.05, 4.69) is 21.7 Å². The molecule has 5 nitrogen and oxygen atoms in total. The normalized spacial score (nSPS) is 10.5. The van der Waals surface area contributed by atoms with Gasteiger partial charge in [-0.15, -0.1) is 11.3 Å². The minimum atomic E-state index is -0.194. The lowest BCUT2D eigenvalue weighted by Gasteiger charge is -2.08. The number of imidazole rings is 1. The van der Waals surface area contributed by atoms with Gasteiger partial charge < -0.3 is 15.2 Å². The van der Waals surface area contributed by atoms with E-state index in [-0.39, 0.29) is 6.03 Å². The van der Waals surface area contributed by atoms with Crippen molar-refractivity contribution in [1.29, 1.82) is 0 Å². The lowest BCUT2D eigenvalue weighted by Crippen LogP contribution is -2.28. The van der Waals surface area contributed by atoms with Crippen LogP contribution in [0, 0.1) is 6.92 Å². The molecule has 6 heteroatoms. The highest BCUT2D eigenvalue weighted by Gasteiger charge is 2.04. The summed E-state index contributed by atoms with van der Waals surface area (Å²) in [6, 6.07) is 9.67. The van der Waals surface area contributed by atoms with Crippen LogP contribution < -0.4 is 10.6 Å². The maximum absolute atomic E-state index is 11.9. The summed E-state index contributed by atoms with van der Waals surface area (Å²) in [5.74, 6) is 0. The average molecular weight is 326 g/mol. The Morgan fingerprint density at radius 1 is 1.26 bits per heavy atom. The van der Waals surface area contributed by atoms with E-state index >= 15 is 0 Å². The highest BCUT2D eigenvalue weighted by Crippen LogP contribution is 2.15. The fraction of sp³-hybridized carbons (Fsp3) is 0.176. The van der Waals surface area contributed by atoms with Crippen molar-refractivity contribution in [2.75, 3.05) is 5.32 Å². The van der Waals surface area contributed by atoms with Gasteiger partial charge in [0.25, 0.3) is 0 Å². The van der Waals surface area contributed by atoms with Crippen molar-refractivity contribution in [2.24, 2.45) is 0 Å². The number of amides is 2. The van der Waals surface area contributed by atoms with Gasteiger partial charge in [0.05, 0.1) is 12.9 Å². The molecule has 3 aromatic rings. The van der Waals surface area contributed by atoms with Crippen molar-refractivity contribution in [3.63, 3.8) is 0 Å². The summed E-state index contributed by atoms with van der Waals surface area (Å²) in [7, 11) is 0. The van der Waals surface area contributed by atoms with Gasteiger partial charge in [0.15, 0.2) is 0 Å². The third-order valence-electron chi connectivity index (χ3n) is 3.51. The number of benzene rings is 1. The SMILES string of the molecule is Cc1ccsc1CNC(=O)Nc1ccc(Cn2ccnc2)cc1. The number of rotatable bonds is 5. The molecule has 118 valence electrons. The molecule has 0 radical (unpaired) electrons. The molecule has 0 aliphatic heterocycles. The van der Waals surface area contributed by atoms with Gasteiger partial charge in [-0.25, -0.2) is 9.78 Å². The topological polar surface area (TPSA) is 59.0 Å². The highest BCUT2D eigenvalue weighted by atomic mass is 32.1. The largest absolute Gasteiger partial charge is 0.333 e. The number of hydrogen-bond acceptors (Lipinski definition) is 3. The van der Waals surface area contributed by atoms with Gasteiger partial charge in [0.1, 0.15) is 0 Å². The molecular weight excluding hydrogens is 308 g/mol. The summed E-state index contributed by atoms with van der Waals surface area (Å²) >= 11 is 1.65. The van der Waals surface area contributed by atoms with Crippen molar-refractivity contribution >= 4 is 23.1 Å². The number of nitrogens with zero attached hydrogens (tertiary/aromatic N) is 2. The van der Waals surface area contributed by atoms with Gasteiger partial charge >= 0.3 is 6.03 Å². The van der Waals surface area contributed by atoms with Crippen molar-refractivity contribution in [2.45, 2.75) is 20.0 Å². The third-order valence-corrected chi connectivity index (χ3v) is 4.54. The molecule has 0 bridgehead atoms. The summed E-state index contributed by atoms with van der Waals surface area (Å²) in [6.07, 6.45) is 5.47. The van der Waals surface area contributed by atoms with Crippen molar-refractivity contribution in [1.82, 2.24) is 14.9 Å². The van der Waals surface area contributed by atoms with Crippen LogP contribution in [0.15, 0.2) is 54.4 Å². The van der Waals surface area contributed by atoms with E-state index in [0.29, 0.717) is 6.54 Å². The number of carbonyl (C=O) groups excluding carboxylic acids is 1. The van der Waals surface area contributed by atoms with Crippen LogP contribution in [-0.2, 0) is 13.1 Å². The molecule has 0 unspecified atom stereocenters. The summed E-state index contributed by atoms with van der Waals surface area (Å²) in [5, 5.41) is 7.75. The van der Waals surface area contributed by atoms with Crippen LogP contribution in [0.4, 0.5) is 10.5 Å². The van der Waals surface area contributed by atoms with Crippen LogP contribution in [0.25, 0.3) is 0 Å². The Kier molecular flexibility index (Phi) is 4.73. The first-order valence-electron chi connectivity index (χ1n) is 7.33. The number of anilines is 1. The number of nitrogens with one attached hydrogen (secondary N) is 2. The average Bonchev–Trinajstić information content (AvgIpc) is 3.19. The first kappa shape index (κ1) is 15.3. The van der Waals surface area contributed by atoms with Gasteiger partial charge in [-0.1, -0.05) is 12.1 Å². The zero-order valence-electron chi connectivity index (χ0n) is 12.8. The monoisotopic (exact) mass is 326 g/mol. The first-order chi connectivity index (χ1) is 11.2. The number of urea groups is 1. The van der Waals surface area contributed by atoms with Crippen molar-refractivity contribution in [3.05, 3.63) is 70.4 Å². The molecule has 0 fully saturated rings. The van der Waals surface area contributed by atoms with Gasteiger partial charge in [-0.05, 0) is 41.6 Å². The Morgan fingerprint density at radius 2 is 2.09 bits per heavy atom. The molecular formula is C17H18N4OS. The Morgan fingerprint density at radius 3 is 2.74 bits per heavy atom. The Hall–Kier alpha value is -2.60. The van der Waals surface area contributed by atoms with E-state index in [1.165, 1.54) is 10.4 Å². The summed E-state index contributed by atoms with van der Waals surface area (Å²) in [4.78, 5) is 17.1. The number of aryl methyl sites for hydroxylation is 1. The van der Waals surface area contributed by atoms with Crippen molar-refractivity contribution < 1.29 is 4.79 Å². The molecule has 3 rings (SSSR count). The molecule has 0 atom stereocenters. The number of hydrogen-bond donors (Lipinski definition) is 2. The Balaban J connectivity index is 1.51. The molecule has 2 aromatic heterocycles. The second-order valence-electron chi connectivity index (χ2n) is 5.27. The summed E-state index contributed by atoms with van der Waals surface area (Å²) in [5.41, 5.74) is 3.14. The molecule has 1 aromatic carbocycles. The molecule has 0 saturated heterocycles. The zero-order chi connectivity index (χ0) is 16.1. The van der Waals surface area contributed by atoms with Gasteiger partial charge in [-0.3, -0.25) is 0 Å². The van der Waals surface area contributed by atoms with Gasteiger partial charge in [0.2, 0.25) is 0 Å². The minimum Gasteiger partial charge on any atom is -0.333 e. The van der Waals surface area contributed by atoms with E-state index in [0.717, 1.165) is 17.8 Å². The van der Waals surface area contributed by atoms with Crippen LogP contribution in [-0.4, -0.2) is 15.6 Å². The quantitative estimate of drug-likeness (QED) is 0.752. The molecule has 0 aliphatic rings. The predicted octanol–water partition coefficient (Wildman–Crippen LogP) is 3.62. The number of aromatic nitrogens is 2. The molecule has 0 saturated carbocycles. The third kappa shape index (κ3) is 4.20. The predicted molar refractivity (Wildman–Crippen MR) is 92.7 cm³/mol. The van der Waals surface area contributed by atoms with Crippen LogP contribution in [0.5, 0.6) is 0 Å². The number of thiophene rings is 1. The van der Waals surface area contributed by atoms with Crippen LogP contribution >= 0.6 is 11.3 Å². The lowest BCUT2D eigenvalue weighted by atomic mass is 10.2. The van der Waals surface area contributed by atoms with Crippen LogP contribution in [0.1, 0.15) is 16.0 Å². The van der Waals surface area contributed by atoms with Gasteiger partial charge in [0, 0.05) is 29.5 Å². The van der Waals surface area contributed by atoms with Crippen LogP contribution in [0.2, 0.25) is 0 Å².